The van der Waals surface area contributed by atoms with E-state index in [1.807, 2.05) is 0 Å². The zero-order valence-corrected chi connectivity index (χ0v) is 19.0. The van der Waals surface area contributed by atoms with Gasteiger partial charge < -0.3 is 17.8 Å². The quantitative estimate of drug-likeness (QED) is 0.454. The largest absolute Gasteiger partial charge is 0.500 e. The third-order valence-electron chi connectivity index (χ3n) is 6.41. The van der Waals surface area contributed by atoms with Gasteiger partial charge in [0.25, 0.3) is 0 Å². The van der Waals surface area contributed by atoms with Crippen molar-refractivity contribution in [3.05, 3.63) is 0 Å². The molecule has 0 aromatic rings. The lowest BCUT2D eigenvalue weighted by Crippen LogP contribution is -2.57. The lowest BCUT2D eigenvalue weighted by Gasteiger charge is -2.47. The number of hydrogen-bond acceptors (Lipinski definition) is 4. The van der Waals surface area contributed by atoms with Crippen LogP contribution in [0.15, 0.2) is 0 Å². The Morgan fingerprint density at radius 1 is 0.833 bits per heavy atom. The van der Waals surface area contributed by atoms with Crippen LogP contribution < -0.4 is 0 Å². The van der Waals surface area contributed by atoms with E-state index in [-0.39, 0.29) is 0 Å². The molecule has 1 saturated carbocycles. The van der Waals surface area contributed by atoms with Crippen LogP contribution in [0.5, 0.6) is 0 Å². The lowest BCUT2D eigenvalue weighted by molar-refractivity contribution is 0.121. The first-order chi connectivity index (χ1) is 11.6. The molecule has 1 aliphatic rings. The van der Waals surface area contributed by atoms with E-state index in [9.17, 15) is 0 Å². The van der Waals surface area contributed by atoms with Crippen molar-refractivity contribution in [1.29, 1.82) is 0 Å². The van der Waals surface area contributed by atoms with Gasteiger partial charge in [0.2, 0.25) is 0 Å². The molecular weight excluding hydrogens is 334 g/mol. The highest BCUT2D eigenvalue weighted by Gasteiger charge is 2.41. The predicted octanol–water partition coefficient (Wildman–Crippen LogP) is 4.89. The van der Waals surface area contributed by atoms with Gasteiger partial charge in [0.15, 0.2) is 0 Å². The van der Waals surface area contributed by atoms with Gasteiger partial charge in [-0.15, -0.1) is 0 Å². The third-order valence-corrected chi connectivity index (χ3v) is 15.0. The van der Waals surface area contributed by atoms with Crippen LogP contribution in [-0.4, -0.2) is 55.5 Å². The molecular formula is C18H41NO3Si2. The molecule has 1 fully saturated rings. The summed E-state index contributed by atoms with van der Waals surface area (Å²) in [7, 11) is 1.40. The van der Waals surface area contributed by atoms with Crippen LogP contribution >= 0.6 is 0 Å². The molecule has 144 valence electrons. The Kier molecular flexibility index (Phi) is 10.3. The molecule has 0 amide bonds. The van der Waals surface area contributed by atoms with Crippen LogP contribution in [0.4, 0.5) is 0 Å². The zero-order valence-electron chi connectivity index (χ0n) is 17.0. The smallest absolute Gasteiger partial charge is 0.377 e. The first-order valence-electron chi connectivity index (χ1n) is 9.99. The second kappa shape index (κ2) is 11.1. The molecule has 0 heterocycles. The standard InChI is InChI=1S/C18H41NO3Si2/c1-7-23(8-2,9-3)19(18-14-11-10-12-15-18)16-13-17-24(20-4,21-5)22-6/h18H,7-17H2,1-6H3. The van der Waals surface area contributed by atoms with E-state index in [2.05, 4.69) is 25.3 Å². The van der Waals surface area contributed by atoms with Crippen LogP contribution in [0.3, 0.4) is 0 Å². The van der Waals surface area contributed by atoms with E-state index in [1.165, 1.54) is 56.8 Å². The van der Waals surface area contributed by atoms with Gasteiger partial charge in [-0.25, -0.2) is 0 Å². The maximum Gasteiger partial charge on any atom is 0.500 e. The minimum atomic E-state index is -2.43. The minimum absolute atomic E-state index is 0.814. The lowest BCUT2D eigenvalue weighted by atomic mass is 9.95. The van der Waals surface area contributed by atoms with Gasteiger partial charge >= 0.3 is 8.80 Å². The molecule has 0 radical (unpaired) electrons. The van der Waals surface area contributed by atoms with Crippen molar-refractivity contribution in [2.45, 2.75) is 89.5 Å². The number of rotatable bonds is 12. The monoisotopic (exact) mass is 375 g/mol. The SMILES string of the molecule is CC[Si](CC)(CC)N(CCC[Si](OC)(OC)OC)C1CCCCC1. The maximum absolute atomic E-state index is 5.62. The van der Waals surface area contributed by atoms with Crippen LogP contribution in [0.2, 0.25) is 24.2 Å². The van der Waals surface area contributed by atoms with Crippen molar-refractivity contribution < 1.29 is 13.3 Å². The van der Waals surface area contributed by atoms with E-state index in [0.717, 1.165) is 18.5 Å². The number of nitrogens with zero attached hydrogens (tertiary/aromatic N) is 1. The normalized spacial score (nSPS) is 17.6. The molecule has 6 heteroatoms. The summed E-state index contributed by atoms with van der Waals surface area (Å²) < 4.78 is 19.8. The summed E-state index contributed by atoms with van der Waals surface area (Å²) in [6.07, 6.45) is 8.17. The molecule has 0 saturated heterocycles. The summed E-state index contributed by atoms with van der Waals surface area (Å²) in [6.45, 7) is 8.46. The van der Waals surface area contributed by atoms with E-state index in [0.29, 0.717) is 0 Å². The maximum atomic E-state index is 5.62. The fourth-order valence-corrected chi connectivity index (χ4v) is 10.7. The van der Waals surface area contributed by atoms with Crippen LogP contribution in [0, 0.1) is 0 Å². The predicted molar refractivity (Wildman–Crippen MR) is 107 cm³/mol. The zero-order chi connectivity index (χ0) is 18.1. The van der Waals surface area contributed by atoms with Crippen molar-refractivity contribution in [3.8, 4) is 0 Å². The molecule has 0 atom stereocenters. The average Bonchev–Trinajstić information content (AvgIpc) is 2.66. The van der Waals surface area contributed by atoms with Crippen molar-refractivity contribution >= 4 is 17.0 Å². The Hall–Kier alpha value is 0.274. The summed E-state index contributed by atoms with van der Waals surface area (Å²) >= 11 is 0. The molecule has 1 aliphatic carbocycles. The van der Waals surface area contributed by atoms with E-state index >= 15 is 0 Å². The van der Waals surface area contributed by atoms with Gasteiger partial charge in [-0.2, -0.15) is 0 Å². The van der Waals surface area contributed by atoms with Gasteiger partial charge in [-0.1, -0.05) is 40.0 Å². The molecule has 24 heavy (non-hydrogen) atoms. The summed E-state index contributed by atoms with van der Waals surface area (Å²) in [5, 5.41) is 0. The van der Waals surface area contributed by atoms with Crippen LogP contribution in [0.25, 0.3) is 0 Å². The van der Waals surface area contributed by atoms with Gasteiger partial charge in [-0.05, 0) is 43.9 Å². The first kappa shape index (κ1) is 22.3. The van der Waals surface area contributed by atoms with Crippen LogP contribution in [0.1, 0.15) is 59.3 Å². The number of hydrogen-bond donors (Lipinski definition) is 0. The fraction of sp³-hybridized carbons (Fsp3) is 1.00. The van der Waals surface area contributed by atoms with Gasteiger partial charge in [0, 0.05) is 33.4 Å². The second-order valence-corrected chi connectivity index (χ2v) is 15.4. The molecule has 0 aromatic carbocycles. The van der Waals surface area contributed by atoms with Crippen molar-refractivity contribution in [1.82, 2.24) is 4.57 Å². The summed E-state index contributed by atoms with van der Waals surface area (Å²) in [5.41, 5.74) is 0. The Balaban J connectivity index is 2.81. The van der Waals surface area contributed by atoms with Crippen molar-refractivity contribution in [2.24, 2.45) is 0 Å². The summed E-state index contributed by atoms with van der Waals surface area (Å²) in [5.74, 6) is 0. The molecule has 0 spiro atoms. The highest BCUT2D eigenvalue weighted by molar-refractivity contribution is 6.77. The highest BCUT2D eigenvalue weighted by atomic mass is 28.4. The fourth-order valence-electron chi connectivity index (χ4n) is 4.58. The Bertz CT molecular complexity index is 314. The molecule has 0 unspecified atom stereocenters. The van der Waals surface area contributed by atoms with Crippen LogP contribution in [-0.2, 0) is 13.3 Å². The minimum Gasteiger partial charge on any atom is -0.377 e. The van der Waals surface area contributed by atoms with E-state index < -0.39 is 17.0 Å². The van der Waals surface area contributed by atoms with E-state index in [1.54, 1.807) is 21.3 Å². The summed E-state index contributed by atoms with van der Waals surface area (Å²) in [4.78, 5) is 0. The third kappa shape index (κ3) is 5.38. The van der Waals surface area contributed by atoms with Crippen molar-refractivity contribution in [3.63, 3.8) is 0 Å². The molecule has 0 N–H and O–H groups in total. The topological polar surface area (TPSA) is 30.9 Å². The van der Waals surface area contributed by atoms with E-state index in [4.69, 9.17) is 13.3 Å². The Labute approximate surface area is 152 Å². The first-order valence-corrected chi connectivity index (χ1v) is 14.5. The van der Waals surface area contributed by atoms with Gasteiger partial charge in [0.05, 0.1) is 0 Å². The van der Waals surface area contributed by atoms with Gasteiger partial charge in [-0.3, -0.25) is 0 Å². The second-order valence-electron chi connectivity index (χ2n) is 7.17. The highest BCUT2D eigenvalue weighted by Crippen LogP contribution is 2.33. The van der Waals surface area contributed by atoms with Gasteiger partial charge in [0.1, 0.15) is 8.24 Å². The molecule has 4 nitrogen and oxygen atoms in total. The molecule has 0 aromatic heterocycles. The molecule has 1 rings (SSSR count). The Morgan fingerprint density at radius 2 is 1.33 bits per heavy atom. The van der Waals surface area contributed by atoms with Crippen molar-refractivity contribution in [2.75, 3.05) is 27.9 Å². The Morgan fingerprint density at radius 3 is 1.75 bits per heavy atom. The summed E-state index contributed by atoms with van der Waals surface area (Å²) in [6, 6.07) is 5.85. The molecule has 0 bridgehead atoms. The molecule has 0 aliphatic heterocycles. The average molecular weight is 376 g/mol.